The van der Waals surface area contributed by atoms with Crippen molar-refractivity contribution in [2.45, 2.75) is 26.4 Å². The van der Waals surface area contributed by atoms with Crippen LogP contribution in [0, 0.1) is 6.92 Å². The highest BCUT2D eigenvalue weighted by Crippen LogP contribution is 2.32. The molecule has 0 unspecified atom stereocenters. The van der Waals surface area contributed by atoms with Crippen molar-refractivity contribution in [1.82, 2.24) is 19.4 Å². The van der Waals surface area contributed by atoms with Crippen LogP contribution in [0.15, 0.2) is 73.1 Å². The van der Waals surface area contributed by atoms with E-state index in [4.69, 9.17) is 10.2 Å². The van der Waals surface area contributed by atoms with Gasteiger partial charge in [0.2, 0.25) is 0 Å². The molecule has 0 bridgehead atoms. The summed E-state index contributed by atoms with van der Waals surface area (Å²) in [4.78, 5) is 41.9. The van der Waals surface area contributed by atoms with Crippen LogP contribution in [0.4, 0.5) is 0 Å². The molecular weight excluding hydrogens is 476 g/mol. The molecule has 0 radical (unpaired) electrons. The molecule has 10 heteroatoms. The number of H-pyrrole nitrogens is 1. The molecule has 0 saturated heterocycles. The van der Waals surface area contributed by atoms with E-state index < -0.39 is 11.9 Å². The Balaban J connectivity index is 0.000000370. The van der Waals surface area contributed by atoms with E-state index in [9.17, 15) is 14.4 Å². The molecule has 0 atom stereocenters. The number of nitrogens with one attached hydrogen (secondary N) is 1. The van der Waals surface area contributed by atoms with E-state index in [-0.39, 0.29) is 11.4 Å². The number of aromatic nitrogens is 3. The van der Waals surface area contributed by atoms with Crippen LogP contribution >= 0.6 is 0 Å². The molecule has 0 saturated carbocycles. The van der Waals surface area contributed by atoms with Gasteiger partial charge < -0.3 is 30.1 Å². The second-order valence-electron chi connectivity index (χ2n) is 8.37. The van der Waals surface area contributed by atoms with E-state index in [0.717, 1.165) is 46.5 Å². The monoisotopic (exact) mass is 504 g/mol. The van der Waals surface area contributed by atoms with Crippen molar-refractivity contribution in [3.63, 3.8) is 0 Å². The Hall–Kier alpha value is -4.70. The number of aliphatic carboxylic acids is 2. The van der Waals surface area contributed by atoms with E-state index in [1.54, 1.807) is 6.33 Å². The Morgan fingerprint density at radius 1 is 1.00 bits per heavy atom. The third kappa shape index (κ3) is 6.11. The Labute approximate surface area is 212 Å². The maximum Gasteiger partial charge on any atom is 0.328 e. The number of benzene rings is 2. The number of carboxylic acids is 2. The van der Waals surface area contributed by atoms with Crippen molar-refractivity contribution in [2.75, 3.05) is 6.54 Å². The van der Waals surface area contributed by atoms with Crippen molar-refractivity contribution in [3.8, 4) is 0 Å². The number of aromatic amines is 1. The first-order valence-electron chi connectivity index (χ1n) is 11.4. The summed E-state index contributed by atoms with van der Waals surface area (Å²) in [6, 6.07) is 18.7. The molecule has 4 aromatic rings. The number of imidazole rings is 1. The van der Waals surface area contributed by atoms with Crippen LogP contribution in [0.2, 0.25) is 0 Å². The SMILES string of the molecule is Cc1[nH]cnc1CN1CCc2c(c3ccccc3n2Cc2ccccc2)C1=O.O.O=C(O)C=CC(=O)O. The molecule has 0 fully saturated rings. The number of amides is 1. The smallest absolute Gasteiger partial charge is 0.328 e. The first-order valence-corrected chi connectivity index (χ1v) is 11.4. The number of hydrogen-bond donors (Lipinski definition) is 3. The molecule has 0 aliphatic carbocycles. The molecular formula is C27H28N4O6. The number of para-hydroxylation sites is 1. The second kappa shape index (κ2) is 11.8. The van der Waals surface area contributed by atoms with Gasteiger partial charge in [-0.05, 0) is 18.6 Å². The van der Waals surface area contributed by atoms with E-state index >= 15 is 0 Å². The first kappa shape index (κ1) is 26.9. The quantitative estimate of drug-likeness (QED) is 0.342. The van der Waals surface area contributed by atoms with Crippen molar-refractivity contribution in [3.05, 3.63) is 101 Å². The number of hydrogen-bond acceptors (Lipinski definition) is 4. The van der Waals surface area contributed by atoms with Gasteiger partial charge in [-0.25, -0.2) is 14.6 Å². The zero-order valence-corrected chi connectivity index (χ0v) is 20.2. The summed E-state index contributed by atoms with van der Waals surface area (Å²) in [5.41, 5.74) is 6.32. The van der Waals surface area contributed by atoms with Crippen LogP contribution in [0.3, 0.4) is 0 Å². The predicted molar refractivity (Wildman–Crippen MR) is 137 cm³/mol. The van der Waals surface area contributed by atoms with Gasteiger partial charge in [0.15, 0.2) is 0 Å². The summed E-state index contributed by atoms with van der Waals surface area (Å²) >= 11 is 0. The van der Waals surface area contributed by atoms with Gasteiger partial charge in [0.1, 0.15) is 0 Å². The third-order valence-corrected chi connectivity index (χ3v) is 6.03. The maximum atomic E-state index is 13.4. The Kier molecular flexibility index (Phi) is 8.59. The van der Waals surface area contributed by atoms with Crippen LogP contribution in [-0.4, -0.2) is 59.5 Å². The van der Waals surface area contributed by atoms with Crippen molar-refractivity contribution < 1.29 is 30.1 Å². The number of rotatable bonds is 6. The highest BCUT2D eigenvalue weighted by Gasteiger charge is 2.31. The number of carbonyl (C=O) groups is 3. The minimum absolute atomic E-state index is 0. The lowest BCUT2D eigenvalue weighted by molar-refractivity contribution is -0.134. The van der Waals surface area contributed by atoms with Crippen LogP contribution in [0.5, 0.6) is 0 Å². The Morgan fingerprint density at radius 3 is 2.27 bits per heavy atom. The average molecular weight is 505 g/mol. The summed E-state index contributed by atoms with van der Waals surface area (Å²) < 4.78 is 2.31. The summed E-state index contributed by atoms with van der Waals surface area (Å²) in [7, 11) is 0. The fourth-order valence-electron chi connectivity index (χ4n) is 4.32. The van der Waals surface area contributed by atoms with Crippen LogP contribution in [0.1, 0.15) is 33.0 Å². The highest BCUT2D eigenvalue weighted by molar-refractivity contribution is 6.09. The molecule has 1 aliphatic heterocycles. The van der Waals surface area contributed by atoms with Crippen LogP contribution < -0.4 is 0 Å². The van der Waals surface area contributed by atoms with Crippen LogP contribution in [0.25, 0.3) is 10.9 Å². The molecule has 5 rings (SSSR count). The Bertz CT molecular complexity index is 1420. The van der Waals surface area contributed by atoms with Crippen molar-refractivity contribution >= 4 is 28.7 Å². The van der Waals surface area contributed by atoms with Gasteiger partial charge in [-0.15, -0.1) is 0 Å². The number of carbonyl (C=O) groups excluding carboxylic acids is 1. The van der Waals surface area contributed by atoms with Gasteiger partial charge >= 0.3 is 11.9 Å². The summed E-state index contributed by atoms with van der Waals surface area (Å²) in [6.45, 7) is 4.03. The number of carboxylic acid groups (broad SMARTS) is 2. The van der Waals surface area contributed by atoms with Crippen molar-refractivity contribution in [1.29, 1.82) is 0 Å². The van der Waals surface area contributed by atoms with E-state index in [1.807, 2.05) is 30.0 Å². The standard InChI is InChI=1S/C23H22N4O.C4H4O4.H2O/c1-16-19(25-15-24-16)14-26-12-11-21-22(23(26)28)18-9-5-6-10-20(18)27(21)13-17-7-3-2-4-8-17;5-3(6)1-2-4(7)8;/h2-10,15H,11-14H2,1H3,(H,24,25);1-2H,(H,5,6)(H,7,8);1H2. The molecule has 1 aliphatic rings. The number of nitrogens with zero attached hydrogens (tertiary/aromatic N) is 3. The van der Waals surface area contributed by atoms with Gasteiger partial charge in [-0.2, -0.15) is 0 Å². The molecule has 2 aromatic heterocycles. The zero-order chi connectivity index (χ0) is 25.7. The fourth-order valence-corrected chi connectivity index (χ4v) is 4.32. The molecule has 3 heterocycles. The van der Waals surface area contributed by atoms with Crippen LogP contribution in [-0.2, 0) is 29.1 Å². The first-order chi connectivity index (χ1) is 17.3. The normalized spacial score (nSPS) is 12.6. The summed E-state index contributed by atoms with van der Waals surface area (Å²) in [6.07, 6.45) is 3.66. The van der Waals surface area contributed by atoms with E-state index in [2.05, 4.69) is 50.9 Å². The topological polar surface area (TPSA) is 160 Å². The summed E-state index contributed by atoms with van der Waals surface area (Å²) in [5.74, 6) is -2.41. The molecule has 10 nitrogen and oxygen atoms in total. The van der Waals surface area contributed by atoms with E-state index in [1.165, 1.54) is 5.56 Å². The van der Waals surface area contributed by atoms with E-state index in [0.29, 0.717) is 25.2 Å². The predicted octanol–water partition coefficient (Wildman–Crippen LogP) is 2.81. The molecule has 0 spiro atoms. The number of fused-ring (bicyclic) bond motifs is 3. The lowest BCUT2D eigenvalue weighted by atomic mass is 10.0. The maximum absolute atomic E-state index is 13.4. The minimum atomic E-state index is -1.26. The molecule has 192 valence electrons. The van der Waals surface area contributed by atoms with Gasteiger partial charge in [-0.3, -0.25) is 4.79 Å². The average Bonchev–Trinajstić information content (AvgIpc) is 3.42. The Morgan fingerprint density at radius 2 is 1.65 bits per heavy atom. The molecule has 5 N–H and O–H groups in total. The zero-order valence-electron chi connectivity index (χ0n) is 20.2. The van der Waals surface area contributed by atoms with Gasteiger partial charge in [0, 0.05) is 54.0 Å². The van der Waals surface area contributed by atoms with Gasteiger partial charge in [0.05, 0.1) is 24.1 Å². The highest BCUT2D eigenvalue weighted by atomic mass is 16.4. The summed E-state index contributed by atoms with van der Waals surface area (Å²) in [5, 5.41) is 16.7. The third-order valence-electron chi connectivity index (χ3n) is 6.03. The van der Waals surface area contributed by atoms with Gasteiger partial charge in [-0.1, -0.05) is 48.5 Å². The largest absolute Gasteiger partial charge is 0.478 e. The molecule has 37 heavy (non-hydrogen) atoms. The number of aryl methyl sites for hydroxylation is 1. The lowest BCUT2D eigenvalue weighted by Gasteiger charge is -2.27. The lowest BCUT2D eigenvalue weighted by Crippen LogP contribution is -2.37. The molecule has 2 aromatic carbocycles. The molecule has 1 amide bonds. The second-order valence-corrected chi connectivity index (χ2v) is 8.37. The van der Waals surface area contributed by atoms with Crippen molar-refractivity contribution in [2.24, 2.45) is 0 Å². The fraction of sp³-hybridized carbons (Fsp3) is 0.185. The minimum Gasteiger partial charge on any atom is -0.478 e. The van der Waals surface area contributed by atoms with Gasteiger partial charge in [0.25, 0.3) is 5.91 Å².